The average molecular weight is 338 g/mol. The van der Waals surface area contributed by atoms with Gasteiger partial charge in [0.1, 0.15) is 11.4 Å². The van der Waals surface area contributed by atoms with Crippen molar-refractivity contribution in [3.8, 4) is 0 Å². The van der Waals surface area contributed by atoms with Crippen LogP contribution in [0, 0.1) is 5.92 Å². The third-order valence-electron chi connectivity index (χ3n) is 2.79. The Morgan fingerprint density at radius 2 is 1.73 bits per heavy atom. The monoisotopic (exact) mass is 338 g/mol. The van der Waals surface area contributed by atoms with E-state index in [9.17, 15) is 24.3 Å². The lowest BCUT2D eigenvalue weighted by molar-refractivity contribution is -0.192. The third-order valence-corrected chi connectivity index (χ3v) is 3.91. The molecule has 0 saturated heterocycles. The van der Waals surface area contributed by atoms with Gasteiger partial charge in [-0.2, -0.15) is 0 Å². The Morgan fingerprint density at radius 1 is 1.18 bits per heavy atom. The molecule has 9 nitrogen and oxygen atoms in total. The van der Waals surface area contributed by atoms with Gasteiger partial charge in [0.25, 0.3) is 5.60 Å². The minimum atomic E-state index is -3.25. The van der Waals surface area contributed by atoms with Gasteiger partial charge in [-0.15, -0.1) is 11.8 Å². The molecule has 0 heterocycles. The molecule has 0 fully saturated rings. The van der Waals surface area contributed by atoms with Gasteiger partial charge in [-0.3, -0.25) is 9.59 Å². The Morgan fingerprint density at radius 3 is 2.09 bits per heavy atom. The highest BCUT2D eigenvalue weighted by Crippen LogP contribution is 2.25. The van der Waals surface area contributed by atoms with Gasteiger partial charge >= 0.3 is 23.9 Å². The topological polar surface area (TPSA) is 158 Å². The second-order valence-electron chi connectivity index (χ2n) is 4.46. The van der Waals surface area contributed by atoms with E-state index in [-0.39, 0.29) is 6.42 Å². The van der Waals surface area contributed by atoms with Crippen LogP contribution in [0.5, 0.6) is 0 Å². The first-order chi connectivity index (χ1) is 10.1. The highest BCUT2D eigenvalue weighted by atomic mass is 32.2. The summed E-state index contributed by atoms with van der Waals surface area (Å²) in [5, 5.41) is 36.3. The van der Waals surface area contributed by atoms with Gasteiger partial charge in [0.15, 0.2) is 0 Å². The zero-order valence-electron chi connectivity index (χ0n) is 12.0. The molecule has 126 valence electrons. The number of carbonyl (C=O) groups excluding carboxylic acids is 1. The standard InChI is InChI=1S/C12H18O9S/c1-3-4-8(22-5-7(13)14)21-11(19)12(20,10(17)18)6(2)9(15)16/h6,8,20H,3-5H2,1-2H3,(H,13,14)(H,15,16)(H,17,18). The van der Waals surface area contributed by atoms with Crippen molar-refractivity contribution < 1.29 is 44.3 Å². The molecule has 0 saturated carbocycles. The molecule has 0 rings (SSSR count). The Labute approximate surface area is 130 Å². The van der Waals surface area contributed by atoms with Crippen LogP contribution in [0.1, 0.15) is 26.7 Å². The van der Waals surface area contributed by atoms with Crippen molar-refractivity contribution in [1.29, 1.82) is 0 Å². The Bertz CT molecular complexity index is 450. The van der Waals surface area contributed by atoms with Crippen LogP contribution in [0.3, 0.4) is 0 Å². The summed E-state index contributed by atoms with van der Waals surface area (Å²) >= 11 is 0.736. The van der Waals surface area contributed by atoms with Gasteiger partial charge < -0.3 is 25.2 Å². The fourth-order valence-corrected chi connectivity index (χ4v) is 2.30. The molecule has 0 bridgehead atoms. The predicted octanol–water partition coefficient (Wildman–Crippen LogP) is 0.0100. The van der Waals surface area contributed by atoms with Gasteiger partial charge in [-0.25, -0.2) is 9.59 Å². The zero-order valence-corrected chi connectivity index (χ0v) is 12.8. The van der Waals surface area contributed by atoms with Crippen molar-refractivity contribution in [3.05, 3.63) is 0 Å². The largest absolute Gasteiger partial charge is 0.481 e. The minimum absolute atomic E-state index is 0.223. The molecule has 0 aromatic rings. The first kappa shape index (κ1) is 20.2. The van der Waals surface area contributed by atoms with Crippen molar-refractivity contribution in [2.75, 3.05) is 5.75 Å². The van der Waals surface area contributed by atoms with Crippen LogP contribution in [0.25, 0.3) is 0 Å². The molecule has 0 aliphatic carbocycles. The zero-order chi connectivity index (χ0) is 17.5. The number of esters is 1. The number of ether oxygens (including phenoxy) is 1. The van der Waals surface area contributed by atoms with Crippen LogP contribution < -0.4 is 0 Å². The van der Waals surface area contributed by atoms with E-state index in [1.165, 1.54) is 0 Å². The highest BCUT2D eigenvalue weighted by molar-refractivity contribution is 8.00. The molecular weight excluding hydrogens is 320 g/mol. The summed E-state index contributed by atoms with van der Waals surface area (Å²) in [5.41, 5.74) is -4.25. The number of hydrogen-bond donors (Lipinski definition) is 4. The van der Waals surface area contributed by atoms with Crippen LogP contribution in [-0.2, 0) is 23.9 Å². The molecule has 3 unspecified atom stereocenters. The number of carbonyl (C=O) groups is 4. The van der Waals surface area contributed by atoms with E-state index in [1.54, 1.807) is 6.92 Å². The predicted molar refractivity (Wildman–Crippen MR) is 74.3 cm³/mol. The summed E-state index contributed by atoms with van der Waals surface area (Å²) < 4.78 is 4.81. The number of aliphatic carboxylic acids is 3. The SMILES string of the molecule is CCCC(OC(=O)C(O)(C(=O)O)C(C)C(=O)O)SCC(=O)O. The summed E-state index contributed by atoms with van der Waals surface area (Å²) in [7, 11) is 0. The van der Waals surface area contributed by atoms with Gasteiger partial charge in [-0.1, -0.05) is 13.3 Å². The Kier molecular flexibility index (Phi) is 7.88. The lowest BCUT2D eigenvalue weighted by Crippen LogP contribution is -2.55. The lowest BCUT2D eigenvalue weighted by Gasteiger charge is -2.27. The van der Waals surface area contributed by atoms with E-state index < -0.39 is 46.6 Å². The minimum Gasteiger partial charge on any atom is -0.481 e. The van der Waals surface area contributed by atoms with E-state index in [0.717, 1.165) is 18.7 Å². The van der Waals surface area contributed by atoms with Gasteiger partial charge in [0.05, 0.1) is 5.75 Å². The fourth-order valence-electron chi connectivity index (χ4n) is 1.41. The molecule has 0 radical (unpaired) electrons. The van der Waals surface area contributed by atoms with Crippen molar-refractivity contribution in [2.24, 2.45) is 5.92 Å². The van der Waals surface area contributed by atoms with Crippen LogP contribution in [0.2, 0.25) is 0 Å². The molecule has 4 N–H and O–H groups in total. The Balaban J connectivity index is 5.17. The number of carboxylic acids is 3. The summed E-state index contributed by atoms with van der Waals surface area (Å²) in [5.74, 6) is -8.86. The number of thioether (sulfide) groups is 1. The van der Waals surface area contributed by atoms with Crippen LogP contribution >= 0.6 is 11.8 Å². The molecule has 0 aliphatic heterocycles. The smallest absolute Gasteiger partial charge is 0.352 e. The van der Waals surface area contributed by atoms with Crippen LogP contribution in [0.15, 0.2) is 0 Å². The van der Waals surface area contributed by atoms with E-state index >= 15 is 0 Å². The quantitative estimate of drug-likeness (QED) is 0.243. The fraction of sp³-hybridized carbons (Fsp3) is 0.667. The van der Waals surface area contributed by atoms with E-state index in [4.69, 9.17) is 20.1 Å². The van der Waals surface area contributed by atoms with Crippen molar-refractivity contribution in [1.82, 2.24) is 0 Å². The third kappa shape index (κ3) is 5.19. The van der Waals surface area contributed by atoms with Crippen molar-refractivity contribution >= 4 is 35.6 Å². The van der Waals surface area contributed by atoms with Gasteiger partial charge in [-0.05, 0) is 13.3 Å². The normalized spacial score (nSPS) is 16.1. The van der Waals surface area contributed by atoms with Crippen molar-refractivity contribution in [3.63, 3.8) is 0 Å². The maximum absolute atomic E-state index is 11.9. The highest BCUT2D eigenvalue weighted by Gasteiger charge is 2.54. The number of rotatable bonds is 10. The summed E-state index contributed by atoms with van der Waals surface area (Å²) in [6, 6.07) is 0. The lowest BCUT2D eigenvalue weighted by atomic mass is 9.89. The van der Waals surface area contributed by atoms with Crippen LogP contribution in [-0.4, -0.2) is 61.1 Å². The van der Waals surface area contributed by atoms with E-state index in [1.807, 2.05) is 0 Å². The summed E-state index contributed by atoms with van der Waals surface area (Å²) in [6.07, 6.45) is 0.728. The molecule has 0 aromatic carbocycles. The van der Waals surface area contributed by atoms with Crippen LogP contribution in [0.4, 0.5) is 0 Å². The molecule has 10 heteroatoms. The summed E-state index contributed by atoms with van der Waals surface area (Å²) in [4.78, 5) is 44.4. The van der Waals surface area contributed by atoms with Gasteiger partial charge in [0.2, 0.25) is 0 Å². The van der Waals surface area contributed by atoms with E-state index in [0.29, 0.717) is 6.42 Å². The second kappa shape index (κ2) is 8.59. The molecule has 0 aliphatic rings. The Hall–Kier alpha value is -1.81. The first-order valence-corrected chi connectivity index (χ1v) is 7.35. The molecule has 3 atom stereocenters. The maximum atomic E-state index is 11.9. The molecule has 0 spiro atoms. The molecule has 0 aromatic heterocycles. The van der Waals surface area contributed by atoms with Crippen molar-refractivity contribution in [2.45, 2.75) is 37.7 Å². The molecule has 22 heavy (non-hydrogen) atoms. The molecule has 0 amide bonds. The second-order valence-corrected chi connectivity index (χ2v) is 5.61. The maximum Gasteiger partial charge on any atom is 0.352 e. The average Bonchev–Trinajstić information content (AvgIpc) is 2.42. The first-order valence-electron chi connectivity index (χ1n) is 6.30. The number of carboxylic acid groups (broad SMARTS) is 3. The number of aliphatic hydroxyl groups is 1. The van der Waals surface area contributed by atoms with Gasteiger partial charge in [0, 0.05) is 0 Å². The summed E-state index contributed by atoms with van der Waals surface area (Å²) in [6.45, 7) is 2.59. The number of hydrogen-bond acceptors (Lipinski definition) is 7. The van der Waals surface area contributed by atoms with E-state index in [2.05, 4.69) is 0 Å². The molecular formula is C12H18O9S.